The van der Waals surface area contributed by atoms with Crippen molar-refractivity contribution in [2.75, 3.05) is 20.3 Å². The summed E-state index contributed by atoms with van der Waals surface area (Å²) in [7, 11) is -1.89. The molecule has 6 nitrogen and oxygen atoms in total. The third kappa shape index (κ3) is 6.27. The highest BCUT2D eigenvalue weighted by molar-refractivity contribution is 7.89. The second kappa shape index (κ2) is 9.44. The summed E-state index contributed by atoms with van der Waals surface area (Å²) in [6, 6.07) is 6.59. The fraction of sp³-hybridized carbons (Fsp3) is 0.600. The number of methoxy groups -OCH3 is 1. The lowest BCUT2D eigenvalue weighted by Crippen LogP contribution is -2.40. The molecule has 1 aliphatic rings. The summed E-state index contributed by atoms with van der Waals surface area (Å²) in [5.74, 6) is 0.625. The predicted molar refractivity (Wildman–Crippen MR) is 91.6 cm³/mol. The minimum atomic E-state index is -3.49. The first-order valence-electron chi connectivity index (χ1n) is 7.51. The van der Waals surface area contributed by atoms with Crippen LogP contribution >= 0.6 is 12.4 Å². The molecule has 0 bridgehead atoms. The summed E-state index contributed by atoms with van der Waals surface area (Å²) in [5.41, 5.74) is 5.84. The van der Waals surface area contributed by atoms with E-state index in [-0.39, 0.29) is 29.4 Å². The van der Waals surface area contributed by atoms with Crippen LogP contribution in [0, 0.1) is 0 Å². The van der Waals surface area contributed by atoms with Crippen LogP contribution in [0.4, 0.5) is 0 Å². The first kappa shape index (κ1) is 20.2. The van der Waals surface area contributed by atoms with Crippen LogP contribution in [0.15, 0.2) is 29.2 Å². The molecule has 0 atom stereocenters. The van der Waals surface area contributed by atoms with E-state index in [2.05, 4.69) is 4.72 Å². The van der Waals surface area contributed by atoms with Crippen LogP contribution in [-0.2, 0) is 14.8 Å². The zero-order valence-electron chi connectivity index (χ0n) is 13.2. The highest BCUT2D eigenvalue weighted by Gasteiger charge is 2.24. The number of nitrogens with two attached hydrogens (primary N) is 1. The maximum atomic E-state index is 12.4. The highest BCUT2D eigenvalue weighted by Crippen LogP contribution is 2.21. The monoisotopic (exact) mass is 364 g/mol. The van der Waals surface area contributed by atoms with Gasteiger partial charge in [0.1, 0.15) is 12.4 Å². The van der Waals surface area contributed by atoms with E-state index in [1.54, 1.807) is 31.4 Å². The Bertz CT molecular complexity index is 557. The SMILES string of the molecule is COCCOc1ccc(S(=O)(=O)NC2CCC(N)CC2)cc1.Cl. The van der Waals surface area contributed by atoms with Crippen molar-refractivity contribution in [2.45, 2.75) is 42.7 Å². The van der Waals surface area contributed by atoms with E-state index in [0.717, 1.165) is 25.7 Å². The molecule has 0 spiro atoms. The van der Waals surface area contributed by atoms with E-state index in [1.165, 1.54) is 0 Å². The van der Waals surface area contributed by atoms with E-state index in [9.17, 15) is 8.42 Å². The zero-order chi connectivity index (χ0) is 16.0. The first-order chi connectivity index (χ1) is 10.5. The van der Waals surface area contributed by atoms with Gasteiger partial charge >= 0.3 is 0 Å². The molecule has 0 heterocycles. The fourth-order valence-corrected chi connectivity index (χ4v) is 3.79. The van der Waals surface area contributed by atoms with Crippen molar-refractivity contribution in [3.8, 4) is 5.75 Å². The standard InChI is InChI=1S/C15H24N2O4S.ClH/c1-20-10-11-21-14-6-8-15(9-7-14)22(18,19)17-13-4-2-12(16)3-5-13;/h6-9,12-13,17H,2-5,10-11,16H2,1H3;1H. The topological polar surface area (TPSA) is 90.6 Å². The van der Waals surface area contributed by atoms with Crippen LogP contribution < -0.4 is 15.2 Å². The molecule has 1 saturated carbocycles. The Morgan fingerprint density at radius 2 is 1.74 bits per heavy atom. The molecule has 0 aliphatic heterocycles. The van der Waals surface area contributed by atoms with Crippen LogP contribution in [0.1, 0.15) is 25.7 Å². The zero-order valence-corrected chi connectivity index (χ0v) is 14.9. The van der Waals surface area contributed by atoms with E-state index >= 15 is 0 Å². The Labute approximate surface area is 144 Å². The highest BCUT2D eigenvalue weighted by atomic mass is 35.5. The number of benzene rings is 1. The normalized spacial score (nSPS) is 21.5. The van der Waals surface area contributed by atoms with E-state index in [1.807, 2.05) is 0 Å². The van der Waals surface area contributed by atoms with Gasteiger partial charge in [-0.2, -0.15) is 0 Å². The van der Waals surface area contributed by atoms with Crippen molar-refractivity contribution in [3.05, 3.63) is 24.3 Å². The molecule has 0 aromatic heterocycles. The first-order valence-corrected chi connectivity index (χ1v) is 8.99. The van der Waals surface area contributed by atoms with Gasteiger partial charge in [0.25, 0.3) is 0 Å². The molecule has 23 heavy (non-hydrogen) atoms. The molecule has 0 saturated heterocycles. The molecule has 1 aliphatic carbocycles. The lowest BCUT2D eigenvalue weighted by molar-refractivity contribution is 0.146. The van der Waals surface area contributed by atoms with Crippen molar-refractivity contribution in [1.82, 2.24) is 4.72 Å². The second-order valence-corrected chi connectivity index (χ2v) is 7.26. The van der Waals surface area contributed by atoms with Crippen LogP contribution in [0.25, 0.3) is 0 Å². The molecule has 2 rings (SSSR count). The average molecular weight is 365 g/mol. The van der Waals surface area contributed by atoms with Gasteiger partial charge in [-0.15, -0.1) is 12.4 Å². The van der Waals surface area contributed by atoms with Gasteiger partial charge in [-0.05, 0) is 49.9 Å². The van der Waals surface area contributed by atoms with Crippen LogP contribution in [0.2, 0.25) is 0 Å². The molecule has 0 unspecified atom stereocenters. The lowest BCUT2D eigenvalue weighted by Gasteiger charge is -2.26. The number of hydrogen-bond acceptors (Lipinski definition) is 5. The van der Waals surface area contributed by atoms with Gasteiger partial charge in [0.2, 0.25) is 10.0 Å². The molecule has 1 aromatic carbocycles. The third-order valence-electron chi connectivity index (χ3n) is 3.78. The van der Waals surface area contributed by atoms with Crippen molar-refractivity contribution in [3.63, 3.8) is 0 Å². The Hall–Kier alpha value is -0.860. The van der Waals surface area contributed by atoms with Crippen LogP contribution in [-0.4, -0.2) is 40.8 Å². The summed E-state index contributed by atoms with van der Waals surface area (Å²) in [4.78, 5) is 0.251. The average Bonchev–Trinajstić information content (AvgIpc) is 2.50. The molecular weight excluding hydrogens is 340 g/mol. The van der Waals surface area contributed by atoms with Crippen molar-refractivity contribution in [1.29, 1.82) is 0 Å². The summed E-state index contributed by atoms with van der Waals surface area (Å²) in [5, 5.41) is 0. The van der Waals surface area contributed by atoms with Gasteiger partial charge in [0.05, 0.1) is 11.5 Å². The minimum Gasteiger partial charge on any atom is -0.491 e. The van der Waals surface area contributed by atoms with Gasteiger partial charge in [-0.3, -0.25) is 0 Å². The minimum absolute atomic E-state index is 0. The van der Waals surface area contributed by atoms with Crippen molar-refractivity contribution >= 4 is 22.4 Å². The molecule has 1 aromatic rings. The van der Waals surface area contributed by atoms with Gasteiger partial charge in [-0.1, -0.05) is 0 Å². The lowest BCUT2D eigenvalue weighted by atomic mass is 9.93. The number of hydrogen-bond donors (Lipinski definition) is 2. The van der Waals surface area contributed by atoms with E-state index in [0.29, 0.717) is 19.0 Å². The smallest absolute Gasteiger partial charge is 0.240 e. The fourth-order valence-electron chi connectivity index (χ4n) is 2.48. The Kier molecular flexibility index (Phi) is 8.28. The third-order valence-corrected chi connectivity index (χ3v) is 5.32. The van der Waals surface area contributed by atoms with Gasteiger partial charge in [0, 0.05) is 19.2 Å². The van der Waals surface area contributed by atoms with Crippen molar-refractivity contribution < 1.29 is 17.9 Å². The second-order valence-electron chi connectivity index (χ2n) is 5.55. The number of halogens is 1. The van der Waals surface area contributed by atoms with E-state index < -0.39 is 10.0 Å². The van der Waals surface area contributed by atoms with Gasteiger partial charge < -0.3 is 15.2 Å². The number of rotatable bonds is 7. The van der Waals surface area contributed by atoms with Crippen LogP contribution in [0.3, 0.4) is 0 Å². The number of ether oxygens (including phenoxy) is 2. The maximum absolute atomic E-state index is 12.4. The molecule has 3 N–H and O–H groups in total. The summed E-state index contributed by atoms with van der Waals surface area (Å²) >= 11 is 0. The van der Waals surface area contributed by atoms with Gasteiger partial charge in [-0.25, -0.2) is 13.1 Å². The largest absolute Gasteiger partial charge is 0.491 e. The van der Waals surface area contributed by atoms with Gasteiger partial charge in [0.15, 0.2) is 0 Å². The summed E-state index contributed by atoms with van der Waals surface area (Å²) in [6.07, 6.45) is 3.30. The Balaban J connectivity index is 0.00000264. The quantitative estimate of drug-likeness (QED) is 0.718. The van der Waals surface area contributed by atoms with Crippen LogP contribution in [0.5, 0.6) is 5.75 Å². The molecular formula is C15H25ClN2O4S. The molecule has 8 heteroatoms. The maximum Gasteiger partial charge on any atom is 0.240 e. The predicted octanol–water partition coefficient (Wildman–Crippen LogP) is 1.68. The van der Waals surface area contributed by atoms with E-state index in [4.69, 9.17) is 15.2 Å². The molecule has 132 valence electrons. The number of nitrogens with one attached hydrogen (secondary N) is 1. The Morgan fingerprint density at radius 3 is 2.30 bits per heavy atom. The molecule has 0 radical (unpaired) electrons. The molecule has 1 fully saturated rings. The number of sulfonamides is 1. The molecule has 0 amide bonds. The summed E-state index contributed by atoms with van der Waals surface area (Å²) < 4.78 is 37.8. The van der Waals surface area contributed by atoms with Crippen molar-refractivity contribution in [2.24, 2.45) is 5.73 Å². The Morgan fingerprint density at radius 1 is 1.13 bits per heavy atom. The summed E-state index contributed by atoms with van der Waals surface area (Å²) in [6.45, 7) is 0.925.